The summed E-state index contributed by atoms with van der Waals surface area (Å²) in [7, 11) is 0. The molecule has 4 N–H and O–H groups in total. The van der Waals surface area contributed by atoms with E-state index in [1.807, 2.05) is 0 Å². The molecular formula is C12H21N3O6. The van der Waals surface area contributed by atoms with Crippen molar-refractivity contribution >= 4 is 17.9 Å². The quantitative estimate of drug-likeness (QED) is 0.483. The number of carbonyl (C=O) groups excluding carboxylic acids is 2. The summed E-state index contributed by atoms with van der Waals surface area (Å²) in [6, 6.07) is -1.47. The number of urea groups is 1. The minimum atomic E-state index is -2.06. The van der Waals surface area contributed by atoms with Crippen LogP contribution in [-0.4, -0.2) is 77.5 Å². The van der Waals surface area contributed by atoms with Crippen LogP contribution in [0.25, 0.3) is 0 Å². The van der Waals surface area contributed by atoms with E-state index in [0.717, 1.165) is 6.92 Å². The van der Waals surface area contributed by atoms with Crippen molar-refractivity contribution in [2.75, 3.05) is 32.8 Å². The van der Waals surface area contributed by atoms with Gasteiger partial charge in [0.15, 0.2) is 5.60 Å². The molecule has 9 heteroatoms. The molecular weight excluding hydrogens is 282 g/mol. The average molecular weight is 303 g/mol. The van der Waals surface area contributed by atoms with E-state index < -0.39 is 30.2 Å². The largest absolute Gasteiger partial charge is 0.479 e. The highest BCUT2D eigenvalue weighted by molar-refractivity contribution is 5.87. The lowest BCUT2D eigenvalue weighted by molar-refractivity contribution is -0.155. The fraction of sp³-hybridized carbons (Fsp3) is 0.750. The van der Waals surface area contributed by atoms with Crippen LogP contribution < -0.4 is 10.6 Å². The molecule has 0 bridgehead atoms. The van der Waals surface area contributed by atoms with Crippen LogP contribution >= 0.6 is 0 Å². The van der Waals surface area contributed by atoms with Gasteiger partial charge in [-0.05, 0) is 13.8 Å². The van der Waals surface area contributed by atoms with Crippen molar-refractivity contribution in [2.45, 2.75) is 25.5 Å². The van der Waals surface area contributed by atoms with Gasteiger partial charge in [0.25, 0.3) is 0 Å². The van der Waals surface area contributed by atoms with Crippen molar-refractivity contribution in [2.24, 2.45) is 0 Å². The zero-order chi connectivity index (χ0) is 16.0. The second-order valence-electron chi connectivity index (χ2n) is 5.07. The topological polar surface area (TPSA) is 128 Å². The number of hydrogen-bond acceptors (Lipinski definition) is 5. The Morgan fingerprint density at radius 2 is 1.90 bits per heavy atom. The first-order valence-corrected chi connectivity index (χ1v) is 6.60. The Balaban J connectivity index is 2.39. The van der Waals surface area contributed by atoms with E-state index in [2.05, 4.69) is 10.6 Å². The normalized spacial score (nSPS) is 19.3. The van der Waals surface area contributed by atoms with Crippen LogP contribution in [0.1, 0.15) is 13.8 Å². The van der Waals surface area contributed by atoms with E-state index in [1.54, 1.807) is 4.90 Å². The van der Waals surface area contributed by atoms with Crippen LogP contribution in [0.15, 0.2) is 0 Å². The smallest absolute Gasteiger partial charge is 0.337 e. The van der Waals surface area contributed by atoms with Gasteiger partial charge in [-0.3, -0.25) is 4.79 Å². The van der Waals surface area contributed by atoms with Crippen molar-refractivity contribution in [1.29, 1.82) is 0 Å². The monoisotopic (exact) mass is 303 g/mol. The first-order chi connectivity index (χ1) is 9.74. The highest BCUT2D eigenvalue weighted by Crippen LogP contribution is 2.02. The van der Waals surface area contributed by atoms with Gasteiger partial charge in [-0.25, -0.2) is 9.59 Å². The summed E-state index contributed by atoms with van der Waals surface area (Å²) in [6.45, 7) is 4.01. The Kier molecular flexibility index (Phi) is 5.91. The standard InChI is InChI=1S/C12H21N3O6/c1-8(9(16)15-3-5-21-6-4-15)14-11(19)13-7-12(2,20)10(17)18/h8,20H,3-7H2,1-2H3,(H,17,18)(H2,13,14,19). The lowest BCUT2D eigenvalue weighted by Crippen LogP contribution is -2.54. The third-order valence-electron chi connectivity index (χ3n) is 3.09. The van der Waals surface area contributed by atoms with Crippen LogP contribution in [0.5, 0.6) is 0 Å². The summed E-state index contributed by atoms with van der Waals surface area (Å²) in [4.78, 5) is 35.9. The molecule has 1 rings (SSSR count). The molecule has 9 nitrogen and oxygen atoms in total. The van der Waals surface area contributed by atoms with Crippen molar-refractivity contribution < 1.29 is 29.3 Å². The van der Waals surface area contributed by atoms with Crippen LogP contribution in [0, 0.1) is 0 Å². The molecule has 0 aromatic heterocycles. The number of amides is 3. The van der Waals surface area contributed by atoms with Crippen LogP contribution in [-0.2, 0) is 14.3 Å². The van der Waals surface area contributed by atoms with E-state index >= 15 is 0 Å². The minimum absolute atomic E-state index is 0.238. The number of morpholine rings is 1. The molecule has 1 saturated heterocycles. The Bertz CT molecular complexity index is 406. The number of aliphatic hydroxyl groups is 1. The summed E-state index contributed by atoms with van der Waals surface area (Å²) in [6.07, 6.45) is 0. The second-order valence-corrected chi connectivity index (χ2v) is 5.07. The molecule has 0 radical (unpaired) electrons. The Morgan fingerprint density at radius 1 is 1.33 bits per heavy atom. The van der Waals surface area contributed by atoms with Crippen LogP contribution in [0.2, 0.25) is 0 Å². The number of carboxylic acid groups (broad SMARTS) is 1. The molecule has 1 fully saturated rings. The van der Waals surface area contributed by atoms with Crippen LogP contribution in [0.3, 0.4) is 0 Å². The SMILES string of the molecule is CC(NC(=O)NCC(C)(O)C(=O)O)C(=O)N1CCOCC1. The van der Waals surface area contributed by atoms with Crippen molar-refractivity contribution in [3.8, 4) is 0 Å². The molecule has 2 unspecified atom stereocenters. The number of hydrogen-bond donors (Lipinski definition) is 4. The maximum atomic E-state index is 12.0. The molecule has 0 aromatic rings. The first kappa shape index (κ1) is 17.2. The van der Waals surface area contributed by atoms with E-state index in [9.17, 15) is 19.5 Å². The highest BCUT2D eigenvalue weighted by Gasteiger charge is 2.31. The first-order valence-electron chi connectivity index (χ1n) is 6.60. The predicted molar refractivity (Wildman–Crippen MR) is 71.7 cm³/mol. The lowest BCUT2D eigenvalue weighted by Gasteiger charge is -2.29. The molecule has 1 heterocycles. The van der Waals surface area contributed by atoms with Gasteiger partial charge >= 0.3 is 12.0 Å². The molecule has 0 saturated carbocycles. The number of nitrogens with zero attached hydrogens (tertiary/aromatic N) is 1. The summed E-state index contributed by atoms with van der Waals surface area (Å²) in [5, 5.41) is 22.8. The predicted octanol–water partition coefficient (Wildman–Crippen LogP) is -1.63. The van der Waals surface area contributed by atoms with Gasteiger partial charge in [-0.2, -0.15) is 0 Å². The number of carboxylic acids is 1. The fourth-order valence-electron chi connectivity index (χ4n) is 1.70. The number of nitrogens with one attached hydrogen (secondary N) is 2. The molecule has 120 valence electrons. The summed E-state index contributed by atoms with van der Waals surface area (Å²) in [5.41, 5.74) is -2.06. The van der Waals surface area contributed by atoms with Gasteiger partial charge in [0.05, 0.1) is 19.8 Å². The lowest BCUT2D eigenvalue weighted by atomic mass is 10.1. The Morgan fingerprint density at radius 3 is 2.43 bits per heavy atom. The van der Waals surface area contributed by atoms with E-state index in [0.29, 0.717) is 26.3 Å². The fourth-order valence-corrected chi connectivity index (χ4v) is 1.70. The number of aliphatic carboxylic acids is 1. The van der Waals surface area contributed by atoms with Gasteiger partial charge in [0, 0.05) is 13.1 Å². The van der Waals surface area contributed by atoms with Gasteiger partial charge in [0.2, 0.25) is 5.91 Å². The van der Waals surface area contributed by atoms with Crippen molar-refractivity contribution in [3.63, 3.8) is 0 Å². The van der Waals surface area contributed by atoms with Crippen molar-refractivity contribution in [3.05, 3.63) is 0 Å². The molecule has 0 spiro atoms. The van der Waals surface area contributed by atoms with Gasteiger partial charge in [-0.1, -0.05) is 0 Å². The third kappa shape index (κ3) is 5.20. The minimum Gasteiger partial charge on any atom is -0.479 e. The highest BCUT2D eigenvalue weighted by atomic mass is 16.5. The Hall–Kier alpha value is -1.87. The van der Waals surface area contributed by atoms with E-state index in [-0.39, 0.29) is 5.91 Å². The van der Waals surface area contributed by atoms with Crippen molar-refractivity contribution in [1.82, 2.24) is 15.5 Å². The molecule has 0 aliphatic carbocycles. The van der Waals surface area contributed by atoms with E-state index in [4.69, 9.17) is 9.84 Å². The van der Waals surface area contributed by atoms with Crippen LogP contribution in [0.4, 0.5) is 4.79 Å². The maximum absolute atomic E-state index is 12.0. The van der Waals surface area contributed by atoms with Gasteiger partial charge < -0.3 is 30.5 Å². The summed E-state index contributed by atoms with van der Waals surface area (Å²) in [5.74, 6) is -1.68. The molecule has 21 heavy (non-hydrogen) atoms. The molecule has 0 aromatic carbocycles. The van der Waals surface area contributed by atoms with E-state index in [1.165, 1.54) is 6.92 Å². The second kappa shape index (κ2) is 7.23. The number of ether oxygens (including phenoxy) is 1. The van der Waals surface area contributed by atoms with Gasteiger partial charge in [-0.15, -0.1) is 0 Å². The summed E-state index contributed by atoms with van der Waals surface area (Å²) >= 11 is 0. The number of rotatable bonds is 5. The molecule has 2 atom stereocenters. The molecule has 1 aliphatic heterocycles. The zero-order valence-electron chi connectivity index (χ0n) is 12.1. The number of carbonyl (C=O) groups is 3. The molecule has 3 amide bonds. The zero-order valence-corrected chi connectivity index (χ0v) is 12.1. The summed E-state index contributed by atoms with van der Waals surface area (Å²) < 4.78 is 5.13. The van der Waals surface area contributed by atoms with Gasteiger partial charge in [0.1, 0.15) is 6.04 Å². The Labute approximate surface area is 122 Å². The maximum Gasteiger partial charge on any atom is 0.337 e. The molecule has 1 aliphatic rings. The third-order valence-corrected chi connectivity index (χ3v) is 3.09. The average Bonchev–Trinajstić information content (AvgIpc) is 2.45.